The maximum absolute atomic E-state index is 12.4. The molecule has 6 heteroatoms. The molecule has 0 heterocycles. The fourth-order valence-electron chi connectivity index (χ4n) is 2.71. The lowest BCUT2D eigenvalue weighted by molar-refractivity contribution is -0.148. The van der Waals surface area contributed by atoms with E-state index in [1.54, 1.807) is 12.0 Å². The van der Waals surface area contributed by atoms with E-state index in [2.05, 4.69) is 5.32 Å². The molecule has 2 rings (SSSR count). The molecule has 2 N–H and O–H groups in total. The Morgan fingerprint density at radius 3 is 2.50 bits per heavy atom. The van der Waals surface area contributed by atoms with Crippen LogP contribution in [0.1, 0.15) is 39.0 Å². The summed E-state index contributed by atoms with van der Waals surface area (Å²) < 4.78 is 5.05. The van der Waals surface area contributed by atoms with Crippen LogP contribution >= 0.6 is 0 Å². The van der Waals surface area contributed by atoms with Crippen molar-refractivity contribution in [2.45, 2.75) is 50.6 Å². The number of rotatable bonds is 7. The molecule has 0 radical (unpaired) electrons. The average Bonchev–Trinajstić information content (AvgIpc) is 3.17. The van der Waals surface area contributed by atoms with Crippen LogP contribution in [0.2, 0.25) is 0 Å². The number of nitrogens with zero attached hydrogens (tertiary/aromatic N) is 1. The quantitative estimate of drug-likeness (QED) is 0.741. The Kier molecular flexibility index (Phi) is 4.52. The summed E-state index contributed by atoms with van der Waals surface area (Å²) >= 11 is 0. The summed E-state index contributed by atoms with van der Waals surface area (Å²) in [5, 5.41) is 12.0. The molecule has 0 spiro atoms. The highest BCUT2D eigenvalue weighted by molar-refractivity contribution is 5.87. The van der Waals surface area contributed by atoms with E-state index in [9.17, 15) is 14.7 Å². The van der Waals surface area contributed by atoms with Crippen molar-refractivity contribution >= 4 is 12.0 Å². The van der Waals surface area contributed by atoms with E-state index in [0.717, 1.165) is 19.3 Å². The van der Waals surface area contributed by atoms with Crippen LogP contribution in [0.4, 0.5) is 4.79 Å². The molecule has 0 aromatic carbocycles. The predicted molar refractivity (Wildman–Crippen MR) is 73.5 cm³/mol. The lowest BCUT2D eigenvalue weighted by Crippen LogP contribution is -2.62. The zero-order valence-corrected chi connectivity index (χ0v) is 12.2. The second kappa shape index (κ2) is 5.99. The van der Waals surface area contributed by atoms with Crippen LogP contribution in [0.25, 0.3) is 0 Å². The second-order valence-electron chi connectivity index (χ2n) is 5.94. The number of amides is 2. The highest BCUT2D eigenvalue weighted by Crippen LogP contribution is 2.36. The molecular formula is C14H24N2O4. The monoisotopic (exact) mass is 284 g/mol. The van der Waals surface area contributed by atoms with Crippen LogP contribution in [0.3, 0.4) is 0 Å². The van der Waals surface area contributed by atoms with Gasteiger partial charge in [0.25, 0.3) is 0 Å². The van der Waals surface area contributed by atoms with Crippen LogP contribution in [0.5, 0.6) is 0 Å². The standard InChI is InChI=1S/C14H24N2O4/c1-10(11-4-5-11)16(8-9-20-2)13(19)15-14(12(17)18)6-3-7-14/h10-11H,3-9H2,1-2H3,(H,15,19)(H,17,18). The van der Waals surface area contributed by atoms with Gasteiger partial charge in [-0.25, -0.2) is 9.59 Å². The van der Waals surface area contributed by atoms with E-state index in [1.165, 1.54) is 0 Å². The number of carbonyl (C=O) groups excluding carboxylic acids is 1. The van der Waals surface area contributed by atoms with Crippen molar-refractivity contribution in [2.75, 3.05) is 20.3 Å². The van der Waals surface area contributed by atoms with Gasteiger partial charge in [-0.3, -0.25) is 0 Å². The minimum absolute atomic E-state index is 0.135. The van der Waals surface area contributed by atoms with E-state index in [0.29, 0.717) is 31.9 Å². The molecule has 2 fully saturated rings. The van der Waals surface area contributed by atoms with Crippen molar-refractivity contribution in [1.82, 2.24) is 10.2 Å². The van der Waals surface area contributed by atoms with Gasteiger partial charge in [0.15, 0.2) is 0 Å². The van der Waals surface area contributed by atoms with Crippen LogP contribution in [0.15, 0.2) is 0 Å². The van der Waals surface area contributed by atoms with Gasteiger partial charge in [0.05, 0.1) is 6.61 Å². The van der Waals surface area contributed by atoms with E-state index < -0.39 is 11.5 Å². The summed E-state index contributed by atoms with van der Waals surface area (Å²) in [5.41, 5.74) is -1.05. The minimum atomic E-state index is -1.05. The molecule has 2 aliphatic carbocycles. The molecule has 0 bridgehead atoms. The zero-order chi connectivity index (χ0) is 14.8. The second-order valence-corrected chi connectivity index (χ2v) is 5.94. The first kappa shape index (κ1) is 15.1. The summed E-state index contributed by atoms with van der Waals surface area (Å²) in [6, 6.07) is -0.139. The summed E-state index contributed by atoms with van der Waals surface area (Å²) in [5.74, 6) is -0.386. The normalized spacial score (nSPS) is 21.7. The number of urea groups is 1. The summed E-state index contributed by atoms with van der Waals surface area (Å²) in [4.78, 5) is 25.5. The largest absolute Gasteiger partial charge is 0.480 e. The molecule has 2 saturated carbocycles. The highest BCUT2D eigenvalue weighted by atomic mass is 16.5. The molecule has 20 heavy (non-hydrogen) atoms. The first-order valence-electron chi connectivity index (χ1n) is 7.31. The van der Waals surface area contributed by atoms with Crippen LogP contribution in [0, 0.1) is 5.92 Å². The Morgan fingerprint density at radius 1 is 1.45 bits per heavy atom. The molecule has 0 saturated heterocycles. The van der Waals surface area contributed by atoms with E-state index >= 15 is 0 Å². The first-order valence-corrected chi connectivity index (χ1v) is 7.31. The summed E-state index contributed by atoms with van der Waals surface area (Å²) in [6.45, 7) is 2.99. The van der Waals surface area contributed by atoms with Gasteiger partial charge in [0.2, 0.25) is 0 Å². The van der Waals surface area contributed by atoms with Crippen LogP contribution in [-0.4, -0.2) is 53.8 Å². The Hall–Kier alpha value is -1.30. The number of carboxylic acid groups (broad SMARTS) is 1. The SMILES string of the molecule is COCCN(C(=O)NC1(C(=O)O)CCC1)C(C)C1CC1. The van der Waals surface area contributed by atoms with Crippen molar-refractivity contribution in [3.05, 3.63) is 0 Å². The molecule has 0 aromatic heterocycles. The Bertz CT molecular complexity index is 377. The van der Waals surface area contributed by atoms with Gasteiger partial charge < -0.3 is 20.1 Å². The third kappa shape index (κ3) is 3.06. The first-order chi connectivity index (χ1) is 9.50. The maximum atomic E-state index is 12.4. The smallest absolute Gasteiger partial charge is 0.329 e. The van der Waals surface area contributed by atoms with Crippen molar-refractivity contribution < 1.29 is 19.4 Å². The topological polar surface area (TPSA) is 78.9 Å². The molecule has 114 valence electrons. The number of aliphatic carboxylic acids is 1. The molecule has 0 aliphatic heterocycles. The lowest BCUT2D eigenvalue weighted by Gasteiger charge is -2.41. The number of carbonyl (C=O) groups is 2. The fourth-order valence-corrected chi connectivity index (χ4v) is 2.71. The Balaban J connectivity index is 1.99. The van der Waals surface area contributed by atoms with E-state index in [1.807, 2.05) is 6.92 Å². The summed E-state index contributed by atoms with van der Waals surface area (Å²) in [6.07, 6.45) is 4.17. The molecular weight excluding hydrogens is 260 g/mol. The van der Waals surface area contributed by atoms with E-state index in [-0.39, 0.29) is 12.1 Å². The fraction of sp³-hybridized carbons (Fsp3) is 0.857. The van der Waals surface area contributed by atoms with Gasteiger partial charge in [-0.05, 0) is 44.9 Å². The van der Waals surface area contributed by atoms with Gasteiger partial charge in [-0.15, -0.1) is 0 Å². The Labute approximate surface area is 119 Å². The number of nitrogens with one attached hydrogen (secondary N) is 1. The highest BCUT2D eigenvalue weighted by Gasteiger charge is 2.47. The number of ether oxygens (including phenoxy) is 1. The van der Waals surface area contributed by atoms with Crippen molar-refractivity contribution in [2.24, 2.45) is 5.92 Å². The molecule has 1 atom stereocenters. The molecule has 1 unspecified atom stereocenters. The zero-order valence-electron chi connectivity index (χ0n) is 12.2. The average molecular weight is 284 g/mol. The lowest BCUT2D eigenvalue weighted by atomic mass is 9.77. The number of hydrogen-bond acceptors (Lipinski definition) is 3. The third-order valence-electron chi connectivity index (χ3n) is 4.56. The van der Waals surface area contributed by atoms with Gasteiger partial charge in [-0.2, -0.15) is 0 Å². The van der Waals surface area contributed by atoms with Crippen molar-refractivity contribution in [1.29, 1.82) is 0 Å². The van der Waals surface area contributed by atoms with E-state index in [4.69, 9.17) is 4.74 Å². The van der Waals surface area contributed by atoms with Gasteiger partial charge in [0.1, 0.15) is 5.54 Å². The summed E-state index contributed by atoms with van der Waals surface area (Å²) in [7, 11) is 1.60. The van der Waals surface area contributed by atoms with Gasteiger partial charge in [0, 0.05) is 19.7 Å². The molecule has 2 aliphatic rings. The minimum Gasteiger partial charge on any atom is -0.480 e. The number of methoxy groups -OCH3 is 1. The maximum Gasteiger partial charge on any atom is 0.329 e. The number of carboxylic acids is 1. The number of hydrogen-bond donors (Lipinski definition) is 2. The molecule has 2 amide bonds. The van der Waals surface area contributed by atoms with Crippen molar-refractivity contribution in [3.63, 3.8) is 0 Å². The predicted octanol–water partition coefficient (Wildman–Crippen LogP) is 1.45. The van der Waals surface area contributed by atoms with Crippen LogP contribution < -0.4 is 5.32 Å². The van der Waals surface area contributed by atoms with Crippen molar-refractivity contribution in [3.8, 4) is 0 Å². The Morgan fingerprint density at radius 2 is 2.10 bits per heavy atom. The van der Waals surface area contributed by atoms with Crippen LogP contribution in [-0.2, 0) is 9.53 Å². The molecule has 0 aromatic rings. The third-order valence-corrected chi connectivity index (χ3v) is 4.56. The van der Waals surface area contributed by atoms with Gasteiger partial charge in [-0.1, -0.05) is 0 Å². The molecule has 6 nitrogen and oxygen atoms in total. The van der Waals surface area contributed by atoms with Gasteiger partial charge >= 0.3 is 12.0 Å².